The van der Waals surface area contributed by atoms with E-state index < -0.39 is 0 Å². The first-order valence-corrected chi connectivity index (χ1v) is 9.05. The number of ether oxygens (including phenoxy) is 3. The molecule has 2 aromatic carbocycles. The summed E-state index contributed by atoms with van der Waals surface area (Å²) in [6, 6.07) is 9.54. The van der Waals surface area contributed by atoms with Gasteiger partial charge in [-0.25, -0.2) is 0 Å². The number of fused-ring (bicyclic) bond motifs is 1. The zero-order valence-electron chi connectivity index (χ0n) is 16.5. The number of carbonyl (C=O) groups excluding carboxylic acids is 1. The number of rotatable bonds is 6. The molecule has 0 aliphatic carbocycles. The van der Waals surface area contributed by atoms with Crippen LogP contribution in [-0.4, -0.2) is 33.8 Å². The Morgan fingerprint density at radius 3 is 2.39 bits per heavy atom. The van der Waals surface area contributed by atoms with Crippen molar-refractivity contribution >= 4 is 29.7 Å². The second-order valence-electron chi connectivity index (χ2n) is 6.53. The van der Waals surface area contributed by atoms with E-state index in [1.165, 1.54) is 0 Å². The largest absolute Gasteiger partial charge is 0.493 e. The monoisotopic (exact) mass is 406 g/mol. The molecule has 7 heteroatoms. The van der Waals surface area contributed by atoms with E-state index in [0.29, 0.717) is 30.1 Å². The molecule has 0 bridgehead atoms. The third kappa shape index (κ3) is 4.28. The van der Waals surface area contributed by atoms with Crippen LogP contribution < -0.4 is 24.8 Å². The Morgan fingerprint density at radius 1 is 1.11 bits per heavy atom. The van der Waals surface area contributed by atoms with Crippen LogP contribution in [-0.2, 0) is 17.6 Å². The second kappa shape index (κ2) is 9.55. The molecule has 0 atom stereocenters. The molecular formula is C21H27ClN2O4. The highest BCUT2D eigenvalue weighted by Gasteiger charge is 2.23. The lowest BCUT2D eigenvalue weighted by Crippen LogP contribution is -2.35. The normalized spacial score (nSPS) is 12.6. The summed E-state index contributed by atoms with van der Waals surface area (Å²) in [5.74, 6) is 1.83. The predicted molar refractivity (Wildman–Crippen MR) is 113 cm³/mol. The zero-order chi connectivity index (χ0) is 19.4. The van der Waals surface area contributed by atoms with E-state index in [9.17, 15) is 4.79 Å². The van der Waals surface area contributed by atoms with Gasteiger partial charge in [-0.3, -0.25) is 4.79 Å². The van der Waals surface area contributed by atoms with E-state index in [2.05, 4.69) is 0 Å². The second-order valence-corrected chi connectivity index (χ2v) is 6.53. The van der Waals surface area contributed by atoms with Gasteiger partial charge in [0.15, 0.2) is 11.5 Å². The maximum atomic E-state index is 12.9. The average molecular weight is 407 g/mol. The highest BCUT2D eigenvalue weighted by atomic mass is 35.5. The van der Waals surface area contributed by atoms with Gasteiger partial charge in [0.2, 0.25) is 11.7 Å². The lowest BCUT2D eigenvalue weighted by atomic mass is 9.99. The van der Waals surface area contributed by atoms with E-state index in [-0.39, 0.29) is 18.3 Å². The van der Waals surface area contributed by atoms with Crippen molar-refractivity contribution in [1.82, 2.24) is 0 Å². The van der Waals surface area contributed by atoms with Gasteiger partial charge < -0.3 is 24.8 Å². The Labute approximate surface area is 172 Å². The van der Waals surface area contributed by atoms with Crippen LogP contribution in [0.3, 0.4) is 0 Å². The molecule has 0 unspecified atom stereocenters. The summed E-state index contributed by atoms with van der Waals surface area (Å²) in [7, 11) is 4.74. The van der Waals surface area contributed by atoms with E-state index in [1.807, 2.05) is 35.2 Å². The van der Waals surface area contributed by atoms with Gasteiger partial charge in [0, 0.05) is 24.3 Å². The minimum atomic E-state index is 0. The Hall–Kier alpha value is -2.60. The van der Waals surface area contributed by atoms with Crippen LogP contribution in [0.1, 0.15) is 24.0 Å². The zero-order valence-corrected chi connectivity index (χ0v) is 17.3. The molecular weight excluding hydrogens is 380 g/mol. The number of benzene rings is 2. The van der Waals surface area contributed by atoms with Crippen LogP contribution in [0.15, 0.2) is 30.3 Å². The average Bonchev–Trinajstić information content (AvgIpc) is 2.71. The summed E-state index contributed by atoms with van der Waals surface area (Å²) in [6.45, 7) is 0.727. The van der Waals surface area contributed by atoms with Gasteiger partial charge >= 0.3 is 0 Å². The number of amides is 1. The number of nitrogens with two attached hydrogens (primary N) is 1. The van der Waals surface area contributed by atoms with Crippen LogP contribution in [0.2, 0.25) is 0 Å². The molecule has 0 fully saturated rings. The molecule has 0 saturated carbocycles. The van der Waals surface area contributed by atoms with Crippen molar-refractivity contribution in [3.8, 4) is 17.2 Å². The highest BCUT2D eigenvalue weighted by Crippen LogP contribution is 2.38. The van der Waals surface area contributed by atoms with E-state index >= 15 is 0 Å². The topological polar surface area (TPSA) is 74.0 Å². The fourth-order valence-corrected chi connectivity index (χ4v) is 3.58. The highest BCUT2D eigenvalue weighted by molar-refractivity contribution is 5.95. The Balaban J connectivity index is 0.00000280. The number of methoxy groups -OCH3 is 3. The van der Waals surface area contributed by atoms with Crippen molar-refractivity contribution < 1.29 is 19.0 Å². The third-order valence-electron chi connectivity index (χ3n) is 4.94. The van der Waals surface area contributed by atoms with Crippen molar-refractivity contribution in [1.29, 1.82) is 0 Å². The smallest absolute Gasteiger partial charge is 0.227 e. The van der Waals surface area contributed by atoms with Crippen LogP contribution in [0.25, 0.3) is 0 Å². The first-order valence-electron chi connectivity index (χ1n) is 9.05. The fraction of sp³-hybridized carbons (Fsp3) is 0.381. The molecule has 2 N–H and O–H groups in total. The standard InChI is InChI=1S/C21H26N2O4.ClH/c1-25-18-12-14(13-19(26-2)21(18)27-3)9-10-20(24)23-11-5-6-15-16(22)7-4-8-17(15)23;/h4,7-8,12-13H,5-6,9-11,22H2,1-3H3;1H. The summed E-state index contributed by atoms with van der Waals surface area (Å²) in [4.78, 5) is 14.7. The van der Waals surface area contributed by atoms with Crippen LogP contribution >= 0.6 is 12.4 Å². The molecule has 0 aromatic heterocycles. The van der Waals surface area contributed by atoms with Crippen molar-refractivity contribution in [2.24, 2.45) is 0 Å². The minimum absolute atomic E-state index is 0. The van der Waals surface area contributed by atoms with Gasteiger partial charge in [0.05, 0.1) is 21.3 Å². The number of nitrogen functional groups attached to an aromatic ring is 1. The molecule has 3 rings (SSSR count). The van der Waals surface area contributed by atoms with Gasteiger partial charge in [-0.2, -0.15) is 0 Å². The van der Waals surface area contributed by atoms with Crippen molar-refractivity contribution in [2.75, 3.05) is 38.5 Å². The minimum Gasteiger partial charge on any atom is -0.493 e. The molecule has 6 nitrogen and oxygen atoms in total. The SMILES string of the molecule is COc1cc(CCC(=O)N2CCCc3c(N)cccc32)cc(OC)c1OC.Cl. The van der Waals surface area contributed by atoms with Crippen molar-refractivity contribution in [2.45, 2.75) is 25.7 Å². The molecule has 1 aliphatic rings. The molecule has 152 valence electrons. The van der Waals surface area contributed by atoms with Crippen LogP contribution in [0.4, 0.5) is 11.4 Å². The van der Waals surface area contributed by atoms with Gasteiger partial charge in [-0.1, -0.05) is 6.07 Å². The first-order chi connectivity index (χ1) is 13.1. The van der Waals surface area contributed by atoms with E-state index in [0.717, 1.165) is 41.9 Å². The molecule has 0 radical (unpaired) electrons. The van der Waals surface area contributed by atoms with Gasteiger partial charge in [-0.15, -0.1) is 12.4 Å². The summed E-state index contributed by atoms with van der Waals surface area (Å²) >= 11 is 0. The number of nitrogens with zero attached hydrogens (tertiary/aromatic N) is 1. The molecule has 0 spiro atoms. The van der Waals surface area contributed by atoms with Gasteiger partial charge in [0.1, 0.15) is 0 Å². The summed E-state index contributed by atoms with van der Waals surface area (Å²) in [6.07, 6.45) is 2.83. The van der Waals surface area contributed by atoms with Gasteiger partial charge in [0.25, 0.3) is 0 Å². The lowest BCUT2D eigenvalue weighted by molar-refractivity contribution is -0.118. The summed E-state index contributed by atoms with van der Waals surface area (Å²) < 4.78 is 16.1. The lowest BCUT2D eigenvalue weighted by Gasteiger charge is -2.30. The quantitative estimate of drug-likeness (QED) is 0.741. The van der Waals surface area contributed by atoms with E-state index in [1.54, 1.807) is 21.3 Å². The fourth-order valence-electron chi connectivity index (χ4n) is 3.58. The Bertz CT molecular complexity index is 816. The van der Waals surface area contributed by atoms with Crippen LogP contribution in [0.5, 0.6) is 17.2 Å². The number of anilines is 2. The Kier molecular flexibility index (Phi) is 7.40. The molecule has 0 saturated heterocycles. The molecule has 1 heterocycles. The number of hydrogen-bond donors (Lipinski definition) is 1. The van der Waals surface area contributed by atoms with E-state index in [4.69, 9.17) is 19.9 Å². The molecule has 2 aromatic rings. The van der Waals surface area contributed by atoms with Crippen molar-refractivity contribution in [3.63, 3.8) is 0 Å². The number of aryl methyl sites for hydroxylation is 1. The molecule has 1 amide bonds. The summed E-state index contributed by atoms with van der Waals surface area (Å²) in [5, 5.41) is 0. The molecule has 1 aliphatic heterocycles. The number of carbonyl (C=O) groups is 1. The molecule has 28 heavy (non-hydrogen) atoms. The van der Waals surface area contributed by atoms with Gasteiger partial charge in [-0.05, 0) is 54.7 Å². The maximum absolute atomic E-state index is 12.9. The summed E-state index contributed by atoms with van der Waals surface area (Å²) in [5.41, 5.74) is 9.82. The van der Waals surface area contributed by atoms with Crippen LogP contribution in [0, 0.1) is 0 Å². The predicted octanol–water partition coefficient (Wildman–Crippen LogP) is 3.63. The first kappa shape index (κ1) is 21.7. The number of hydrogen-bond acceptors (Lipinski definition) is 5. The Morgan fingerprint density at radius 2 is 1.79 bits per heavy atom. The third-order valence-corrected chi connectivity index (χ3v) is 4.94. The maximum Gasteiger partial charge on any atom is 0.227 e. The van der Waals surface area contributed by atoms with Crippen molar-refractivity contribution in [3.05, 3.63) is 41.5 Å². The number of halogens is 1.